The summed E-state index contributed by atoms with van der Waals surface area (Å²) in [4.78, 5) is 23.1. The van der Waals surface area contributed by atoms with Gasteiger partial charge in [-0.2, -0.15) is 5.10 Å². The number of aryl methyl sites for hydroxylation is 1. The third kappa shape index (κ3) is 2.00. The molecule has 0 aromatic carbocycles. The molecule has 6 heteroatoms. The first-order valence-electron chi connectivity index (χ1n) is 5.54. The molecule has 1 aliphatic rings. The molecule has 2 rings (SSSR count). The van der Waals surface area contributed by atoms with Gasteiger partial charge in [0.2, 0.25) is 0 Å². The van der Waals surface area contributed by atoms with Gasteiger partial charge in [0.15, 0.2) is 0 Å². The van der Waals surface area contributed by atoms with Gasteiger partial charge in [-0.3, -0.25) is 9.36 Å². The Hall–Kier alpha value is -1.59. The van der Waals surface area contributed by atoms with E-state index in [0.29, 0.717) is 13.2 Å². The normalized spacial score (nSPS) is 14.6. The van der Waals surface area contributed by atoms with E-state index >= 15 is 0 Å². The summed E-state index contributed by atoms with van der Waals surface area (Å²) in [6.07, 6.45) is 2.86. The van der Waals surface area contributed by atoms with Crippen molar-refractivity contribution in [1.29, 1.82) is 0 Å². The van der Waals surface area contributed by atoms with Crippen molar-refractivity contribution < 1.29 is 9.53 Å². The van der Waals surface area contributed by atoms with Crippen LogP contribution < -0.4 is 5.69 Å². The van der Waals surface area contributed by atoms with Gasteiger partial charge in [0, 0.05) is 13.0 Å². The Kier molecular flexibility index (Phi) is 3.07. The molecule has 2 heterocycles. The van der Waals surface area contributed by atoms with Crippen molar-refractivity contribution in [2.75, 3.05) is 6.61 Å². The number of hydrogen-bond acceptors (Lipinski definition) is 4. The largest absolute Gasteiger partial charge is 0.465 e. The predicted octanol–water partition coefficient (Wildman–Crippen LogP) is -0.0558. The van der Waals surface area contributed by atoms with Crippen LogP contribution in [0.15, 0.2) is 4.79 Å². The molecule has 6 nitrogen and oxygen atoms in total. The van der Waals surface area contributed by atoms with Crippen molar-refractivity contribution in [3.63, 3.8) is 0 Å². The highest BCUT2D eigenvalue weighted by Gasteiger charge is 2.18. The van der Waals surface area contributed by atoms with Crippen LogP contribution in [-0.4, -0.2) is 26.9 Å². The molecule has 1 aromatic rings. The monoisotopic (exact) mass is 225 g/mol. The summed E-state index contributed by atoms with van der Waals surface area (Å²) < 4.78 is 7.62. The summed E-state index contributed by atoms with van der Waals surface area (Å²) in [5.74, 6) is 0.362. The molecule has 0 spiro atoms. The molecule has 1 aliphatic heterocycles. The van der Waals surface area contributed by atoms with Crippen LogP contribution in [0.5, 0.6) is 0 Å². The van der Waals surface area contributed by atoms with Crippen LogP contribution in [0.2, 0.25) is 0 Å². The van der Waals surface area contributed by atoms with Crippen LogP contribution in [0.4, 0.5) is 0 Å². The van der Waals surface area contributed by atoms with E-state index in [2.05, 4.69) is 5.10 Å². The van der Waals surface area contributed by atoms with Crippen LogP contribution in [0, 0.1) is 0 Å². The van der Waals surface area contributed by atoms with Crippen LogP contribution >= 0.6 is 0 Å². The van der Waals surface area contributed by atoms with E-state index in [-0.39, 0.29) is 12.2 Å². The first kappa shape index (κ1) is 10.9. The highest BCUT2D eigenvalue weighted by molar-refractivity contribution is 5.68. The number of aromatic nitrogens is 3. The Morgan fingerprint density at radius 3 is 3.00 bits per heavy atom. The standard InChI is InChI=1S/C10H15N3O3/c1-2-16-9(14)7-13-10(15)12-6-4-3-5-8(12)11-13/h2-7H2,1H3. The van der Waals surface area contributed by atoms with Crippen molar-refractivity contribution >= 4 is 5.97 Å². The number of esters is 1. The molecular weight excluding hydrogens is 210 g/mol. The fraction of sp³-hybridized carbons (Fsp3) is 0.700. The van der Waals surface area contributed by atoms with E-state index < -0.39 is 5.97 Å². The minimum Gasteiger partial charge on any atom is -0.465 e. The maximum Gasteiger partial charge on any atom is 0.346 e. The molecule has 16 heavy (non-hydrogen) atoms. The summed E-state index contributed by atoms with van der Waals surface area (Å²) in [6, 6.07) is 0. The molecule has 0 N–H and O–H groups in total. The Morgan fingerprint density at radius 2 is 2.31 bits per heavy atom. The van der Waals surface area contributed by atoms with Gasteiger partial charge < -0.3 is 4.74 Å². The molecule has 0 amide bonds. The van der Waals surface area contributed by atoms with Crippen LogP contribution in [0.25, 0.3) is 0 Å². The highest BCUT2D eigenvalue weighted by atomic mass is 16.5. The smallest absolute Gasteiger partial charge is 0.346 e. The van der Waals surface area contributed by atoms with Crippen LogP contribution in [0.1, 0.15) is 25.6 Å². The maximum absolute atomic E-state index is 11.8. The molecule has 0 atom stereocenters. The summed E-state index contributed by atoms with van der Waals surface area (Å²) >= 11 is 0. The second-order valence-corrected chi connectivity index (χ2v) is 3.77. The fourth-order valence-electron chi connectivity index (χ4n) is 1.88. The van der Waals surface area contributed by atoms with Crippen molar-refractivity contribution in [1.82, 2.24) is 14.3 Å². The van der Waals surface area contributed by atoms with Gasteiger partial charge in [0.25, 0.3) is 0 Å². The number of hydrogen-bond donors (Lipinski definition) is 0. The van der Waals surface area contributed by atoms with Crippen LogP contribution in [0.3, 0.4) is 0 Å². The van der Waals surface area contributed by atoms with E-state index in [1.807, 2.05) is 0 Å². The molecule has 0 unspecified atom stereocenters. The molecule has 0 fully saturated rings. The van der Waals surface area contributed by atoms with Crippen molar-refractivity contribution in [3.8, 4) is 0 Å². The lowest BCUT2D eigenvalue weighted by Gasteiger charge is -2.09. The molecular formula is C10H15N3O3. The summed E-state index contributed by atoms with van der Waals surface area (Å²) in [6.45, 7) is 2.67. The van der Waals surface area contributed by atoms with Gasteiger partial charge in [0.05, 0.1) is 6.61 Å². The minimum atomic E-state index is -0.417. The van der Waals surface area contributed by atoms with Crippen LogP contribution in [-0.2, 0) is 29.0 Å². The molecule has 0 bridgehead atoms. The summed E-state index contributed by atoms with van der Waals surface area (Å²) in [5, 5.41) is 4.14. The third-order valence-corrected chi connectivity index (χ3v) is 2.62. The number of fused-ring (bicyclic) bond motifs is 1. The number of carbonyl (C=O) groups is 1. The van der Waals surface area contributed by atoms with Gasteiger partial charge in [-0.05, 0) is 19.8 Å². The third-order valence-electron chi connectivity index (χ3n) is 2.62. The van der Waals surface area contributed by atoms with Crippen molar-refractivity contribution in [2.24, 2.45) is 0 Å². The summed E-state index contributed by atoms with van der Waals surface area (Å²) in [5.41, 5.74) is -0.206. The number of carbonyl (C=O) groups excluding carboxylic acids is 1. The molecule has 88 valence electrons. The molecule has 0 saturated carbocycles. The van der Waals surface area contributed by atoms with Crippen molar-refractivity contribution in [2.45, 2.75) is 39.3 Å². The Morgan fingerprint density at radius 1 is 1.50 bits per heavy atom. The topological polar surface area (TPSA) is 66.1 Å². The first-order chi connectivity index (χ1) is 7.72. The summed E-state index contributed by atoms with van der Waals surface area (Å²) in [7, 11) is 0. The zero-order chi connectivity index (χ0) is 11.5. The van der Waals surface area contributed by atoms with Gasteiger partial charge in [0.1, 0.15) is 12.4 Å². The quantitative estimate of drug-likeness (QED) is 0.676. The zero-order valence-electron chi connectivity index (χ0n) is 9.31. The highest BCUT2D eigenvalue weighted by Crippen LogP contribution is 2.09. The maximum atomic E-state index is 11.8. The number of nitrogens with zero attached hydrogens (tertiary/aromatic N) is 3. The lowest BCUT2D eigenvalue weighted by atomic mass is 10.2. The molecule has 1 aromatic heterocycles. The van der Waals surface area contributed by atoms with E-state index in [4.69, 9.17) is 4.74 Å². The Bertz CT molecular complexity index is 447. The van der Waals surface area contributed by atoms with E-state index in [0.717, 1.165) is 25.1 Å². The van der Waals surface area contributed by atoms with E-state index in [9.17, 15) is 9.59 Å². The average Bonchev–Trinajstić information content (AvgIpc) is 2.57. The number of rotatable bonds is 3. The fourth-order valence-corrected chi connectivity index (χ4v) is 1.88. The van der Waals surface area contributed by atoms with E-state index in [1.54, 1.807) is 11.5 Å². The Balaban J connectivity index is 2.19. The lowest BCUT2D eigenvalue weighted by Crippen LogP contribution is -2.29. The van der Waals surface area contributed by atoms with Gasteiger partial charge in [-0.15, -0.1) is 0 Å². The van der Waals surface area contributed by atoms with Crippen molar-refractivity contribution in [3.05, 3.63) is 16.3 Å². The predicted molar refractivity (Wildman–Crippen MR) is 56.1 cm³/mol. The molecule has 0 saturated heterocycles. The van der Waals surface area contributed by atoms with Gasteiger partial charge in [-0.1, -0.05) is 0 Å². The lowest BCUT2D eigenvalue weighted by molar-refractivity contribution is -0.144. The molecule has 0 aliphatic carbocycles. The first-order valence-corrected chi connectivity index (χ1v) is 5.54. The molecule has 0 radical (unpaired) electrons. The van der Waals surface area contributed by atoms with Gasteiger partial charge in [-0.25, -0.2) is 9.48 Å². The zero-order valence-corrected chi connectivity index (χ0v) is 9.31. The minimum absolute atomic E-state index is 0.0906. The average molecular weight is 225 g/mol. The second-order valence-electron chi connectivity index (χ2n) is 3.77. The second kappa shape index (κ2) is 4.51. The Labute approximate surface area is 92.8 Å². The van der Waals surface area contributed by atoms with E-state index in [1.165, 1.54) is 4.68 Å². The SMILES string of the molecule is CCOC(=O)Cn1nc2n(c1=O)CCCC2. The van der Waals surface area contributed by atoms with Gasteiger partial charge >= 0.3 is 11.7 Å². The number of ether oxygens (including phenoxy) is 1.